The van der Waals surface area contributed by atoms with Gasteiger partial charge in [-0.1, -0.05) is 43.2 Å². The second-order valence-corrected chi connectivity index (χ2v) is 11.7. The molecule has 0 unspecified atom stereocenters. The fraction of sp³-hybridized carbons (Fsp3) is 0.438. The Kier molecular flexibility index (Phi) is 6.93. The number of rotatable bonds is 6. The van der Waals surface area contributed by atoms with Gasteiger partial charge >= 0.3 is 0 Å². The van der Waals surface area contributed by atoms with Crippen molar-refractivity contribution < 1.29 is 0 Å². The second kappa shape index (κ2) is 11.0. The van der Waals surface area contributed by atoms with Crippen LogP contribution in [0.4, 0.5) is 17.6 Å². The molecule has 0 aliphatic heterocycles. The maximum Gasteiger partial charge on any atom is 0.248 e. The molecule has 1 fully saturated rings. The number of nitrogens with one attached hydrogen (secondary N) is 2. The number of hydrogen-bond donors (Lipinski definition) is 3. The summed E-state index contributed by atoms with van der Waals surface area (Å²) in [6.45, 7) is 1.19. The zero-order valence-corrected chi connectivity index (χ0v) is 23.1. The lowest BCUT2D eigenvalue weighted by Crippen LogP contribution is -2.33. The van der Waals surface area contributed by atoms with E-state index in [1.54, 1.807) is 4.68 Å². The molecule has 2 aromatic carbocycles. The summed E-state index contributed by atoms with van der Waals surface area (Å²) in [5.74, 6) is 2.23. The first-order valence-electron chi connectivity index (χ1n) is 15.0. The smallest absolute Gasteiger partial charge is 0.248 e. The van der Waals surface area contributed by atoms with E-state index in [2.05, 4.69) is 79.4 Å². The second-order valence-electron chi connectivity index (χ2n) is 11.7. The summed E-state index contributed by atoms with van der Waals surface area (Å²) in [6, 6.07) is 17.8. The van der Waals surface area contributed by atoms with E-state index in [0.29, 0.717) is 17.8 Å². The SMILES string of the molecule is Nc1nc(Nc2ccc3c(c2)CC[C@H](NCC2CCCC2)CC3)nn1-c1cc2c(nn1)-c1ccccc1CCC2. The Balaban J connectivity index is 1.05. The van der Waals surface area contributed by atoms with Gasteiger partial charge in [0.25, 0.3) is 0 Å². The molecule has 3 aliphatic carbocycles. The van der Waals surface area contributed by atoms with Gasteiger partial charge in [-0.3, -0.25) is 0 Å². The number of nitrogens with two attached hydrogens (primary N) is 1. The van der Waals surface area contributed by atoms with Crippen LogP contribution >= 0.6 is 0 Å². The Morgan fingerprint density at radius 2 is 1.62 bits per heavy atom. The van der Waals surface area contributed by atoms with Crippen LogP contribution in [0.15, 0.2) is 48.5 Å². The van der Waals surface area contributed by atoms with E-state index in [4.69, 9.17) is 5.73 Å². The Bertz CT molecular complexity index is 1500. The van der Waals surface area contributed by atoms with Gasteiger partial charge < -0.3 is 16.4 Å². The van der Waals surface area contributed by atoms with Crippen LogP contribution in [0.3, 0.4) is 0 Å². The molecule has 206 valence electrons. The van der Waals surface area contributed by atoms with Crippen molar-refractivity contribution in [3.05, 3.63) is 70.8 Å². The lowest BCUT2D eigenvalue weighted by Gasteiger charge is -2.19. The van der Waals surface area contributed by atoms with Crippen LogP contribution in [0.1, 0.15) is 67.2 Å². The molecule has 2 heterocycles. The van der Waals surface area contributed by atoms with Gasteiger partial charge in [0.2, 0.25) is 11.9 Å². The largest absolute Gasteiger partial charge is 0.368 e. The van der Waals surface area contributed by atoms with Crippen molar-refractivity contribution in [3.63, 3.8) is 0 Å². The highest BCUT2D eigenvalue weighted by Crippen LogP contribution is 2.32. The summed E-state index contributed by atoms with van der Waals surface area (Å²) in [7, 11) is 0. The first-order chi connectivity index (χ1) is 19.7. The summed E-state index contributed by atoms with van der Waals surface area (Å²) >= 11 is 0. The zero-order valence-electron chi connectivity index (χ0n) is 23.1. The minimum atomic E-state index is 0.289. The van der Waals surface area contributed by atoms with E-state index in [-0.39, 0.29) is 5.95 Å². The molecule has 1 saturated carbocycles. The average Bonchev–Trinajstić information content (AvgIpc) is 3.52. The summed E-state index contributed by atoms with van der Waals surface area (Å²) in [6.07, 6.45) is 13.3. The van der Waals surface area contributed by atoms with E-state index in [1.807, 2.05) is 0 Å². The molecule has 4 aromatic rings. The number of benzene rings is 2. The minimum Gasteiger partial charge on any atom is -0.368 e. The Morgan fingerprint density at radius 1 is 0.800 bits per heavy atom. The molecule has 8 heteroatoms. The van der Waals surface area contributed by atoms with Gasteiger partial charge in [-0.15, -0.1) is 15.3 Å². The molecule has 0 bridgehead atoms. The predicted octanol–water partition coefficient (Wildman–Crippen LogP) is 5.57. The third-order valence-electron chi connectivity index (χ3n) is 9.03. The van der Waals surface area contributed by atoms with Crippen LogP contribution < -0.4 is 16.4 Å². The molecule has 0 saturated heterocycles. The van der Waals surface area contributed by atoms with Crippen molar-refractivity contribution in [2.75, 3.05) is 17.6 Å². The van der Waals surface area contributed by atoms with Crippen molar-refractivity contribution in [2.45, 2.75) is 76.7 Å². The molecule has 3 aliphatic rings. The number of nitrogen functional groups attached to an aromatic ring is 1. The van der Waals surface area contributed by atoms with Crippen LogP contribution in [-0.2, 0) is 25.7 Å². The molecule has 40 heavy (non-hydrogen) atoms. The van der Waals surface area contributed by atoms with Gasteiger partial charge in [0, 0.05) is 17.3 Å². The number of aryl methyl sites for hydroxylation is 4. The summed E-state index contributed by atoms with van der Waals surface area (Å²) < 4.78 is 1.58. The van der Waals surface area contributed by atoms with Crippen LogP contribution in [0.5, 0.6) is 0 Å². The van der Waals surface area contributed by atoms with Crippen LogP contribution in [0.2, 0.25) is 0 Å². The predicted molar refractivity (Wildman–Crippen MR) is 159 cm³/mol. The highest BCUT2D eigenvalue weighted by atomic mass is 15.4. The fourth-order valence-electron chi connectivity index (χ4n) is 6.79. The lowest BCUT2D eigenvalue weighted by molar-refractivity contribution is 0.404. The summed E-state index contributed by atoms with van der Waals surface area (Å²) in [4.78, 5) is 4.49. The fourth-order valence-corrected chi connectivity index (χ4v) is 6.79. The van der Waals surface area contributed by atoms with Crippen molar-refractivity contribution in [1.82, 2.24) is 30.3 Å². The van der Waals surface area contributed by atoms with Crippen molar-refractivity contribution in [3.8, 4) is 17.1 Å². The van der Waals surface area contributed by atoms with Gasteiger partial charge in [-0.05, 0) is 111 Å². The third kappa shape index (κ3) is 5.20. The van der Waals surface area contributed by atoms with Gasteiger partial charge in [-0.25, -0.2) is 0 Å². The maximum absolute atomic E-state index is 6.31. The van der Waals surface area contributed by atoms with Crippen molar-refractivity contribution in [2.24, 2.45) is 5.92 Å². The third-order valence-corrected chi connectivity index (χ3v) is 9.03. The van der Waals surface area contributed by atoms with E-state index < -0.39 is 0 Å². The molecule has 0 amide bonds. The van der Waals surface area contributed by atoms with Gasteiger partial charge in [0.15, 0.2) is 5.82 Å². The Hall–Kier alpha value is -3.78. The molecule has 2 aromatic heterocycles. The lowest BCUT2D eigenvalue weighted by atomic mass is 10.0. The topological polar surface area (TPSA) is 107 Å². The van der Waals surface area contributed by atoms with Crippen molar-refractivity contribution >= 4 is 17.6 Å². The monoisotopic (exact) mass is 534 g/mol. The first kappa shape index (κ1) is 25.2. The Labute approximate surface area is 235 Å². The number of anilines is 3. The average molecular weight is 535 g/mol. The molecular formula is C32H38N8. The number of nitrogens with zero attached hydrogens (tertiary/aromatic N) is 5. The first-order valence-corrected chi connectivity index (χ1v) is 15.0. The van der Waals surface area contributed by atoms with E-state index in [9.17, 15) is 0 Å². The van der Waals surface area contributed by atoms with Crippen molar-refractivity contribution in [1.29, 1.82) is 0 Å². The molecule has 0 spiro atoms. The molecule has 8 nitrogen and oxygen atoms in total. The molecule has 1 atom stereocenters. The van der Waals surface area contributed by atoms with E-state index in [0.717, 1.165) is 49.4 Å². The van der Waals surface area contributed by atoms with Crippen LogP contribution in [-0.4, -0.2) is 37.5 Å². The van der Waals surface area contributed by atoms with Gasteiger partial charge in [-0.2, -0.15) is 9.67 Å². The molecule has 0 radical (unpaired) electrons. The quantitative estimate of drug-likeness (QED) is 0.278. The number of fused-ring (bicyclic) bond motifs is 4. The molecule has 7 rings (SSSR count). The zero-order chi connectivity index (χ0) is 26.9. The summed E-state index contributed by atoms with van der Waals surface area (Å²) in [5, 5.41) is 21.0. The highest BCUT2D eigenvalue weighted by molar-refractivity contribution is 5.68. The molecular weight excluding hydrogens is 496 g/mol. The Morgan fingerprint density at radius 3 is 2.52 bits per heavy atom. The standard InChI is InChI=1S/C32H38N8/c33-31-36-32(39-40(31)29-19-25-10-5-9-23-8-3-4-11-28(23)30(25)38-37-29)35-27-17-13-22-12-15-26(16-14-24(22)18-27)34-20-21-6-1-2-7-21/h3-4,8,11,13,17-19,21,26,34H,1-2,5-7,9-10,12,14-16,20H2,(H3,33,35,36,39)/t26-/m1/s1. The van der Waals surface area contributed by atoms with Gasteiger partial charge in [0.1, 0.15) is 0 Å². The van der Waals surface area contributed by atoms with Crippen LogP contribution in [0.25, 0.3) is 17.1 Å². The normalized spacial score (nSPS) is 18.9. The maximum atomic E-state index is 6.31. The van der Waals surface area contributed by atoms with E-state index >= 15 is 0 Å². The number of aromatic nitrogens is 5. The van der Waals surface area contributed by atoms with E-state index in [1.165, 1.54) is 72.9 Å². The van der Waals surface area contributed by atoms with Crippen LogP contribution in [0, 0.1) is 5.92 Å². The highest BCUT2D eigenvalue weighted by Gasteiger charge is 2.21. The summed E-state index contributed by atoms with van der Waals surface area (Å²) in [5.41, 5.74) is 14.8. The van der Waals surface area contributed by atoms with Gasteiger partial charge in [0.05, 0.1) is 5.69 Å². The molecule has 4 N–H and O–H groups in total. The minimum absolute atomic E-state index is 0.289. The number of hydrogen-bond acceptors (Lipinski definition) is 7.